The van der Waals surface area contributed by atoms with Crippen LogP contribution in [0.5, 0.6) is 5.75 Å². The monoisotopic (exact) mass is 533 g/mol. The zero-order chi connectivity index (χ0) is 27.8. The van der Waals surface area contributed by atoms with Gasteiger partial charge in [0.05, 0.1) is 16.7 Å². The Kier molecular flexibility index (Phi) is 6.65. The van der Waals surface area contributed by atoms with Crippen LogP contribution in [0.1, 0.15) is 25.0 Å². The molecule has 9 heteroatoms. The quantitative estimate of drug-likeness (QED) is 0.256. The molecule has 0 aliphatic heterocycles. The molecule has 0 unspecified atom stereocenters. The highest BCUT2D eigenvalue weighted by Gasteiger charge is 2.20. The first kappa shape index (κ1) is 25.5. The van der Waals surface area contributed by atoms with Gasteiger partial charge in [0.1, 0.15) is 17.7 Å². The summed E-state index contributed by atoms with van der Waals surface area (Å²) in [4.78, 5) is 28.2. The number of rotatable bonds is 8. The number of imidazole rings is 1. The molecule has 0 amide bonds. The number of fused-ring (bicyclic) bond motifs is 5. The predicted molar refractivity (Wildman–Crippen MR) is 159 cm³/mol. The van der Waals surface area contributed by atoms with Gasteiger partial charge in [0.2, 0.25) is 11.7 Å². The molecular weight excluding hydrogens is 502 g/mol. The maximum atomic E-state index is 14.0. The van der Waals surface area contributed by atoms with E-state index in [4.69, 9.17) is 14.7 Å². The number of nitrogens with zero attached hydrogens (tertiary/aromatic N) is 5. The average Bonchev–Trinajstić information content (AvgIpc) is 3.33. The van der Waals surface area contributed by atoms with Gasteiger partial charge in [-0.25, -0.2) is 14.5 Å². The van der Waals surface area contributed by atoms with E-state index >= 15 is 0 Å². The van der Waals surface area contributed by atoms with Crippen molar-refractivity contribution >= 4 is 39.5 Å². The molecule has 0 saturated carbocycles. The van der Waals surface area contributed by atoms with E-state index in [0.29, 0.717) is 35.4 Å². The number of anilines is 2. The number of nitrogens with one attached hydrogen (secondary N) is 2. The fourth-order valence-corrected chi connectivity index (χ4v) is 4.98. The van der Waals surface area contributed by atoms with Crippen LogP contribution in [0, 0.1) is 13.8 Å². The maximum absolute atomic E-state index is 14.0. The van der Waals surface area contributed by atoms with E-state index in [1.807, 2.05) is 85.0 Å². The number of aryl methyl sites for hydroxylation is 2. The lowest BCUT2D eigenvalue weighted by Gasteiger charge is -2.15. The van der Waals surface area contributed by atoms with Crippen LogP contribution in [0.15, 0.2) is 77.7 Å². The van der Waals surface area contributed by atoms with Gasteiger partial charge in [0.25, 0.3) is 5.56 Å². The van der Waals surface area contributed by atoms with E-state index in [1.54, 1.807) is 10.8 Å². The molecule has 3 aromatic heterocycles. The number of benzene rings is 3. The van der Waals surface area contributed by atoms with Crippen molar-refractivity contribution in [1.82, 2.24) is 29.2 Å². The van der Waals surface area contributed by atoms with Crippen LogP contribution in [-0.4, -0.2) is 43.1 Å². The van der Waals surface area contributed by atoms with Gasteiger partial charge in [-0.15, -0.1) is 0 Å². The maximum Gasteiger partial charge on any atom is 0.270 e. The Balaban J connectivity index is 1.42. The summed E-state index contributed by atoms with van der Waals surface area (Å²) >= 11 is 0. The third kappa shape index (κ3) is 4.65. The molecule has 0 saturated heterocycles. The lowest BCUT2D eigenvalue weighted by molar-refractivity contribution is 0.309. The van der Waals surface area contributed by atoms with Crippen LogP contribution in [-0.2, 0) is 0 Å². The molecule has 3 aromatic carbocycles. The summed E-state index contributed by atoms with van der Waals surface area (Å²) in [6.07, 6.45) is 1.59. The molecule has 0 radical (unpaired) electrons. The van der Waals surface area contributed by atoms with E-state index < -0.39 is 0 Å². The summed E-state index contributed by atoms with van der Waals surface area (Å²) in [5, 5.41) is 7.00. The fraction of sp³-hybridized carbons (Fsp3) is 0.226. The minimum Gasteiger partial charge on any atom is -0.492 e. The summed E-state index contributed by atoms with van der Waals surface area (Å²) in [7, 11) is 0. The molecule has 0 fully saturated rings. The number of para-hydroxylation sites is 3. The minimum atomic E-state index is -0.213. The summed E-state index contributed by atoms with van der Waals surface area (Å²) in [6.45, 7) is 9.59. The van der Waals surface area contributed by atoms with Gasteiger partial charge < -0.3 is 15.4 Å². The van der Waals surface area contributed by atoms with Crippen LogP contribution in [0.25, 0.3) is 33.5 Å². The largest absolute Gasteiger partial charge is 0.492 e. The van der Waals surface area contributed by atoms with E-state index in [0.717, 1.165) is 45.8 Å². The van der Waals surface area contributed by atoms with Crippen molar-refractivity contribution in [3.63, 3.8) is 0 Å². The topological polar surface area (TPSA) is 98.4 Å². The van der Waals surface area contributed by atoms with Gasteiger partial charge in [0.15, 0.2) is 5.65 Å². The van der Waals surface area contributed by atoms with E-state index in [1.165, 1.54) is 0 Å². The lowest BCUT2D eigenvalue weighted by Crippen LogP contribution is -2.27. The van der Waals surface area contributed by atoms with Crippen LogP contribution >= 0.6 is 0 Å². The van der Waals surface area contributed by atoms with Crippen molar-refractivity contribution in [2.45, 2.75) is 33.7 Å². The number of hydrogen-bond donors (Lipinski definition) is 2. The van der Waals surface area contributed by atoms with E-state index in [-0.39, 0.29) is 5.56 Å². The Morgan fingerprint density at radius 1 is 0.925 bits per heavy atom. The summed E-state index contributed by atoms with van der Waals surface area (Å²) in [6, 6.07) is 21.9. The third-order valence-electron chi connectivity index (χ3n) is 6.85. The molecule has 40 heavy (non-hydrogen) atoms. The van der Waals surface area contributed by atoms with Crippen molar-refractivity contribution in [2.24, 2.45) is 0 Å². The third-order valence-corrected chi connectivity index (χ3v) is 6.85. The molecular formula is C31H31N7O2. The van der Waals surface area contributed by atoms with Gasteiger partial charge in [-0.05, 0) is 61.4 Å². The van der Waals surface area contributed by atoms with Crippen molar-refractivity contribution in [3.05, 3.63) is 94.4 Å². The van der Waals surface area contributed by atoms with Crippen molar-refractivity contribution in [1.29, 1.82) is 0 Å². The molecule has 0 aliphatic carbocycles. The Morgan fingerprint density at radius 3 is 2.42 bits per heavy atom. The first-order valence-electron chi connectivity index (χ1n) is 13.4. The second-order valence-corrected chi connectivity index (χ2v) is 10.2. The standard InChI is InChI=1S/C31H31N7O2/c1-19(2)32-16-17-40-23-14-12-22(13-15-23)34-30-33-18-24-28(36-30)37-26-11-6-5-10-25(26)35-31(37)38(29(24)39)27-20(3)8-7-9-21(27)4/h5-15,18-19,32H,16-17H2,1-4H3,(H,33,34,36). The lowest BCUT2D eigenvalue weighted by atomic mass is 10.1. The van der Waals surface area contributed by atoms with Crippen molar-refractivity contribution in [3.8, 4) is 11.4 Å². The summed E-state index contributed by atoms with van der Waals surface area (Å²) in [5.41, 5.74) is 5.52. The molecule has 0 spiro atoms. The average molecular weight is 534 g/mol. The van der Waals surface area contributed by atoms with Crippen LogP contribution < -0.4 is 20.9 Å². The highest BCUT2D eigenvalue weighted by atomic mass is 16.5. The van der Waals surface area contributed by atoms with Gasteiger partial charge in [0, 0.05) is 24.5 Å². The van der Waals surface area contributed by atoms with Gasteiger partial charge >= 0.3 is 0 Å². The van der Waals surface area contributed by atoms with Crippen molar-refractivity contribution < 1.29 is 4.74 Å². The van der Waals surface area contributed by atoms with Crippen LogP contribution in [0.4, 0.5) is 11.6 Å². The van der Waals surface area contributed by atoms with E-state index in [2.05, 4.69) is 29.5 Å². The molecule has 0 aliphatic rings. The zero-order valence-corrected chi connectivity index (χ0v) is 23.0. The molecule has 0 atom stereocenters. The smallest absolute Gasteiger partial charge is 0.270 e. The molecule has 6 aromatic rings. The highest BCUT2D eigenvalue weighted by molar-refractivity contribution is 5.88. The van der Waals surface area contributed by atoms with E-state index in [9.17, 15) is 4.79 Å². The highest BCUT2D eigenvalue weighted by Crippen LogP contribution is 2.26. The second kappa shape index (κ2) is 10.4. The Morgan fingerprint density at radius 2 is 1.68 bits per heavy atom. The minimum absolute atomic E-state index is 0.213. The van der Waals surface area contributed by atoms with Crippen LogP contribution in [0.3, 0.4) is 0 Å². The summed E-state index contributed by atoms with van der Waals surface area (Å²) < 4.78 is 9.43. The number of hydrogen-bond acceptors (Lipinski definition) is 7. The van der Waals surface area contributed by atoms with Gasteiger partial charge in [-0.1, -0.05) is 44.2 Å². The number of aromatic nitrogens is 5. The normalized spacial score (nSPS) is 11.6. The fourth-order valence-electron chi connectivity index (χ4n) is 4.98. The summed E-state index contributed by atoms with van der Waals surface area (Å²) in [5.74, 6) is 1.67. The Labute approximate surface area is 231 Å². The van der Waals surface area contributed by atoms with Gasteiger partial charge in [-0.2, -0.15) is 4.98 Å². The van der Waals surface area contributed by atoms with Gasteiger partial charge in [-0.3, -0.25) is 9.20 Å². The molecule has 202 valence electrons. The Hall–Kier alpha value is -4.76. The molecule has 0 bridgehead atoms. The first-order chi connectivity index (χ1) is 19.4. The second-order valence-electron chi connectivity index (χ2n) is 10.2. The SMILES string of the molecule is Cc1cccc(C)c1-n1c(=O)c2cnc(Nc3ccc(OCCNC(C)C)cc3)nc2n2c3ccccc3nc12. The molecule has 9 nitrogen and oxygen atoms in total. The predicted octanol–water partition coefficient (Wildman–Crippen LogP) is 5.32. The molecule has 2 N–H and O–H groups in total. The molecule has 3 heterocycles. The Bertz CT molecular complexity index is 1890. The van der Waals surface area contributed by atoms with Crippen molar-refractivity contribution in [2.75, 3.05) is 18.5 Å². The molecule has 6 rings (SSSR count). The number of ether oxygens (including phenoxy) is 1. The first-order valence-corrected chi connectivity index (χ1v) is 13.4. The zero-order valence-electron chi connectivity index (χ0n) is 23.0. The van der Waals surface area contributed by atoms with Crippen LogP contribution in [0.2, 0.25) is 0 Å².